The molecule has 0 atom stereocenters. The zero-order valence-electron chi connectivity index (χ0n) is 9.35. The van der Waals surface area contributed by atoms with Crippen LogP contribution in [0.15, 0.2) is 34.6 Å². The molecule has 0 aliphatic carbocycles. The predicted molar refractivity (Wildman–Crippen MR) is 74.3 cm³/mol. The summed E-state index contributed by atoms with van der Waals surface area (Å²) in [5, 5.41) is 3.02. The van der Waals surface area contributed by atoms with Gasteiger partial charge in [-0.1, -0.05) is 12.1 Å². The van der Waals surface area contributed by atoms with E-state index in [9.17, 15) is 0 Å². The number of rotatable bonds is 3. The molecule has 0 aliphatic rings. The number of aromatic nitrogens is 1. The van der Waals surface area contributed by atoms with Gasteiger partial charge in [-0.2, -0.15) is 0 Å². The lowest BCUT2D eigenvalue weighted by Crippen LogP contribution is -2.12. The van der Waals surface area contributed by atoms with Gasteiger partial charge < -0.3 is 5.73 Å². The van der Waals surface area contributed by atoms with Crippen molar-refractivity contribution in [2.75, 3.05) is 5.88 Å². The van der Waals surface area contributed by atoms with E-state index in [1.54, 1.807) is 11.3 Å². The Bertz CT molecular complexity index is 548. The largest absolute Gasteiger partial charge is 0.386 e. The number of hydrogen-bond acceptors (Lipinski definition) is 3. The van der Waals surface area contributed by atoms with Crippen LogP contribution in [0.3, 0.4) is 0 Å². The van der Waals surface area contributed by atoms with Crippen LogP contribution >= 0.6 is 22.9 Å². The predicted octanol–water partition coefficient (Wildman–Crippen LogP) is 3.35. The van der Waals surface area contributed by atoms with Crippen LogP contribution in [-0.2, 0) is 0 Å². The van der Waals surface area contributed by atoms with Crippen molar-refractivity contribution < 1.29 is 0 Å². The fourth-order valence-electron chi connectivity index (χ4n) is 1.39. The average molecular weight is 266 g/mol. The van der Waals surface area contributed by atoms with Crippen molar-refractivity contribution >= 4 is 34.5 Å². The number of aliphatic imine (C=N–C) groups is 1. The molecule has 17 heavy (non-hydrogen) atoms. The first kappa shape index (κ1) is 12.1. The molecule has 3 nitrogen and oxygen atoms in total. The fraction of sp³-hybridized carbons (Fsp3) is 0.167. The fourth-order valence-corrected chi connectivity index (χ4v) is 2.25. The van der Waals surface area contributed by atoms with Crippen LogP contribution in [0.25, 0.3) is 10.6 Å². The van der Waals surface area contributed by atoms with E-state index in [0.29, 0.717) is 5.84 Å². The van der Waals surface area contributed by atoms with Crippen LogP contribution in [0.1, 0.15) is 5.69 Å². The molecule has 1 aromatic carbocycles. The third-order valence-electron chi connectivity index (χ3n) is 2.12. The minimum absolute atomic E-state index is 0.237. The van der Waals surface area contributed by atoms with Crippen molar-refractivity contribution in [3.05, 3.63) is 35.3 Å². The molecule has 1 heterocycles. The Labute approximate surface area is 109 Å². The molecule has 0 aliphatic heterocycles. The summed E-state index contributed by atoms with van der Waals surface area (Å²) < 4.78 is 0. The third-order valence-corrected chi connectivity index (χ3v) is 3.40. The number of benzene rings is 1. The first-order valence-electron chi connectivity index (χ1n) is 5.10. The van der Waals surface area contributed by atoms with Gasteiger partial charge in [-0.05, 0) is 19.1 Å². The van der Waals surface area contributed by atoms with Crippen LogP contribution in [0.2, 0.25) is 0 Å². The van der Waals surface area contributed by atoms with E-state index in [-0.39, 0.29) is 5.88 Å². The van der Waals surface area contributed by atoms with Crippen LogP contribution in [-0.4, -0.2) is 16.7 Å². The first-order valence-corrected chi connectivity index (χ1v) is 6.52. The van der Waals surface area contributed by atoms with Gasteiger partial charge >= 0.3 is 0 Å². The van der Waals surface area contributed by atoms with Crippen LogP contribution in [0, 0.1) is 6.92 Å². The highest BCUT2D eigenvalue weighted by molar-refractivity contribution is 7.13. The second-order valence-corrected chi connectivity index (χ2v) is 4.71. The van der Waals surface area contributed by atoms with Crippen molar-refractivity contribution in [2.45, 2.75) is 6.92 Å². The van der Waals surface area contributed by atoms with Crippen molar-refractivity contribution in [3.63, 3.8) is 0 Å². The summed E-state index contributed by atoms with van der Waals surface area (Å²) in [7, 11) is 0. The molecule has 0 saturated carbocycles. The molecule has 0 amide bonds. The van der Waals surface area contributed by atoms with E-state index >= 15 is 0 Å². The Morgan fingerprint density at radius 3 is 3.00 bits per heavy atom. The normalized spacial score (nSPS) is 11.8. The Hall–Kier alpha value is -1.39. The summed E-state index contributed by atoms with van der Waals surface area (Å²) in [6.07, 6.45) is 0. The summed E-state index contributed by atoms with van der Waals surface area (Å²) in [4.78, 5) is 8.64. The summed E-state index contributed by atoms with van der Waals surface area (Å²) in [6, 6.07) is 7.79. The molecule has 0 spiro atoms. The number of aryl methyl sites for hydroxylation is 1. The SMILES string of the molecule is Cc1csc(-c2cccc(N=C(N)CCl)c2)n1. The molecule has 0 fully saturated rings. The van der Waals surface area contributed by atoms with Crippen LogP contribution in [0.5, 0.6) is 0 Å². The number of nitrogens with two attached hydrogens (primary N) is 1. The van der Waals surface area contributed by atoms with Crippen LogP contribution < -0.4 is 5.73 Å². The van der Waals surface area contributed by atoms with Gasteiger partial charge in [0.2, 0.25) is 0 Å². The molecule has 5 heteroatoms. The Balaban J connectivity index is 2.35. The molecule has 88 valence electrons. The number of alkyl halides is 1. The monoisotopic (exact) mass is 265 g/mol. The first-order chi connectivity index (χ1) is 8.19. The maximum Gasteiger partial charge on any atom is 0.123 e. The molecule has 0 radical (unpaired) electrons. The highest BCUT2D eigenvalue weighted by Crippen LogP contribution is 2.26. The highest BCUT2D eigenvalue weighted by atomic mass is 35.5. The molecule has 2 N–H and O–H groups in total. The maximum atomic E-state index is 5.60. The minimum Gasteiger partial charge on any atom is -0.386 e. The zero-order valence-corrected chi connectivity index (χ0v) is 10.9. The molecule has 2 aromatic rings. The van der Waals surface area contributed by atoms with Crippen LogP contribution in [0.4, 0.5) is 5.69 Å². The summed E-state index contributed by atoms with van der Waals surface area (Å²) in [6.45, 7) is 1.98. The van der Waals surface area contributed by atoms with Gasteiger partial charge in [0, 0.05) is 16.6 Å². The van der Waals surface area contributed by atoms with Gasteiger partial charge in [0.05, 0.1) is 11.6 Å². The lowest BCUT2D eigenvalue weighted by molar-refractivity contribution is 1.27. The van der Waals surface area contributed by atoms with Gasteiger partial charge in [0.15, 0.2) is 0 Å². The lowest BCUT2D eigenvalue weighted by Gasteiger charge is -1.99. The molecule has 1 aromatic heterocycles. The summed E-state index contributed by atoms with van der Waals surface area (Å²) >= 11 is 7.22. The number of hydrogen-bond donors (Lipinski definition) is 1. The summed E-state index contributed by atoms with van der Waals surface area (Å²) in [5.74, 6) is 0.653. The molecule has 0 unspecified atom stereocenters. The van der Waals surface area contributed by atoms with Gasteiger partial charge in [0.25, 0.3) is 0 Å². The smallest absolute Gasteiger partial charge is 0.123 e. The number of halogens is 1. The van der Waals surface area contributed by atoms with E-state index in [0.717, 1.165) is 22.0 Å². The van der Waals surface area contributed by atoms with E-state index in [4.69, 9.17) is 17.3 Å². The molecular weight excluding hydrogens is 254 g/mol. The van der Waals surface area contributed by atoms with Gasteiger partial charge in [-0.15, -0.1) is 22.9 Å². The number of thiazole rings is 1. The summed E-state index contributed by atoms with van der Waals surface area (Å²) in [5.41, 5.74) is 8.48. The number of nitrogens with zero attached hydrogens (tertiary/aromatic N) is 2. The van der Waals surface area contributed by atoms with E-state index in [2.05, 4.69) is 9.98 Å². The van der Waals surface area contributed by atoms with Gasteiger partial charge in [0.1, 0.15) is 10.8 Å². The standard InChI is InChI=1S/C12H12ClN3S/c1-8-7-17-12(15-8)9-3-2-4-10(5-9)16-11(14)6-13/h2-5,7H,6H2,1H3,(H2,14,16). The second-order valence-electron chi connectivity index (χ2n) is 3.58. The Morgan fingerprint density at radius 2 is 2.35 bits per heavy atom. The Morgan fingerprint density at radius 1 is 1.53 bits per heavy atom. The minimum atomic E-state index is 0.237. The zero-order chi connectivity index (χ0) is 12.3. The van der Waals surface area contributed by atoms with Crippen molar-refractivity contribution in [2.24, 2.45) is 10.7 Å². The lowest BCUT2D eigenvalue weighted by atomic mass is 10.2. The van der Waals surface area contributed by atoms with Crippen molar-refractivity contribution in [1.29, 1.82) is 0 Å². The molecule has 0 bridgehead atoms. The number of amidine groups is 1. The van der Waals surface area contributed by atoms with Crippen molar-refractivity contribution in [1.82, 2.24) is 4.98 Å². The Kier molecular flexibility index (Phi) is 3.76. The topological polar surface area (TPSA) is 51.3 Å². The van der Waals surface area contributed by atoms with E-state index < -0.39 is 0 Å². The molecular formula is C12H12ClN3S. The van der Waals surface area contributed by atoms with E-state index in [1.165, 1.54) is 0 Å². The maximum absolute atomic E-state index is 5.60. The van der Waals surface area contributed by atoms with E-state index in [1.807, 2.05) is 36.6 Å². The molecule has 2 rings (SSSR count). The van der Waals surface area contributed by atoms with Gasteiger partial charge in [-0.25, -0.2) is 9.98 Å². The van der Waals surface area contributed by atoms with Gasteiger partial charge in [-0.3, -0.25) is 0 Å². The third kappa shape index (κ3) is 3.05. The highest BCUT2D eigenvalue weighted by Gasteiger charge is 2.03. The quantitative estimate of drug-likeness (QED) is 0.526. The average Bonchev–Trinajstić information content (AvgIpc) is 2.76. The molecule has 0 saturated heterocycles. The second kappa shape index (κ2) is 5.29. The van der Waals surface area contributed by atoms with Crippen molar-refractivity contribution in [3.8, 4) is 10.6 Å².